The van der Waals surface area contributed by atoms with Crippen molar-refractivity contribution in [1.82, 2.24) is 4.98 Å². The molecule has 1 unspecified atom stereocenters. The Labute approximate surface area is 109 Å². The van der Waals surface area contributed by atoms with E-state index in [1.165, 1.54) is 18.2 Å². The fourth-order valence-corrected chi connectivity index (χ4v) is 1.57. The largest absolute Gasteiger partial charge is 0.456 e. The molecule has 0 fully saturated rings. The van der Waals surface area contributed by atoms with E-state index in [1.807, 2.05) is 6.92 Å². The summed E-state index contributed by atoms with van der Waals surface area (Å²) < 4.78 is 18.5. The van der Waals surface area contributed by atoms with E-state index in [0.29, 0.717) is 11.5 Å². The lowest BCUT2D eigenvalue weighted by molar-refractivity contribution is 0.477. The zero-order valence-electron chi connectivity index (χ0n) is 9.73. The highest BCUT2D eigenvalue weighted by atomic mass is 35.5. The van der Waals surface area contributed by atoms with E-state index in [1.54, 1.807) is 18.3 Å². The van der Waals surface area contributed by atoms with Crippen LogP contribution in [0.5, 0.6) is 11.5 Å². The third kappa shape index (κ3) is 2.97. The first-order valence-electron chi connectivity index (χ1n) is 5.40. The summed E-state index contributed by atoms with van der Waals surface area (Å²) in [6.07, 6.45) is 1.57. The minimum Gasteiger partial charge on any atom is -0.456 e. The van der Waals surface area contributed by atoms with Crippen LogP contribution in [0.4, 0.5) is 4.39 Å². The van der Waals surface area contributed by atoms with Gasteiger partial charge in [0.15, 0.2) is 0 Å². The molecule has 0 radical (unpaired) electrons. The van der Waals surface area contributed by atoms with Gasteiger partial charge in [-0.25, -0.2) is 4.39 Å². The van der Waals surface area contributed by atoms with E-state index >= 15 is 0 Å². The lowest BCUT2D eigenvalue weighted by atomic mass is 10.2. The summed E-state index contributed by atoms with van der Waals surface area (Å²) in [5, 5.41) is 0.0210. The first-order valence-corrected chi connectivity index (χ1v) is 5.78. The molecule has 1 atom stereocenters. The van der Waals surface area contributed by atoms with Gasteiger partial charge >= 0.3 is 0 Å². The molecule has 1 aromatic heterocycles. The summed E-state index contributed by atoms with van der Waals surface area (Å²) in [6, 6.07) is 7.58. The Morgan fingerprint density at radius 1 is 1.28 bits per heavy atom. The summed E-state index contributed by atoms with van der Waals surface area (Å²) in [5.41, 5.74) is 6.47. The summed E-state index contributed by atoms with van der Waals surface area (Å²) in [7, 11) is 0. The van der Waals surface area contributed by atoms with Crippen LogP contribution in [-0.4, -0.2) is 4.98 Å². The fourth-order valence-electron chi connectivity index (χ4n) is 1.40. The molecule has 0 bridgehead atoms. The maximum atomic E-state index is 13.0. The summed E-state index contributed by atoms with van der Waals surface area (Å²) in [4.78, 5) is 4.16. The Kier molecular flexibility index (Phi) is 3.79. The van der Waals surface area contributed by atoms with Crippen molar-refractivity contribution in [3.05, 3.63) is 53.1 Å². The molecule has 0 aliphatic rings. The molecule has 0 spiro atoms. The van der Waals surface area contributed by atoms with Gasteiger partial charge in [0, 0.05) is 12.1 Å². The van der Waals surface area contributed by atoms with Gasteiger partial charge in [0.1, 0.15) is 17.3 Å². The second-order valence-electron chi connectivity index (χ2n) is 3.89. The van der Waals surface area contributed by atoms with Crippen molar-refractivity contribution in [2.45, 2.75) is 13.0 Å². The van der Waals surface area contributed by atoms with Crippen molar-refractivity contribution in [1.29, 1.82) is 0 Å². The minimum atomic E-state index is -0.477. The molecule has 0 aliphatic heterocycles. The number of nitrogens with zero attached hydrogens (tertiary/aromatic N) is 1. The van der Waals surface area contributed by atoms with Crippen molar-refractivity contribution in [2.24, 2.45) is 5.73 Å². The molecule has 2 aromatic rings. The molecule has 94 valence electrons. The van der Waals surface area contributed by atoms with E-state index in [4.69, 9.17) is 22.1 Å². The van der Waals surface area contributed by atoms with Gasteiger partial charge in [0.05, 0.1) is 16.9 Å². The third-order valence-corrected chi connectivity index (χ3v) is 2.64. The van der Waals surface area contributed by atoms with Gasteiger partial charge < -0.3 is 10.5 Å². The number of hydrogen-bond acceptors (Lipinski definition) is 3. The Morgan fingerprint density at radius 2 is 2.00 bits per heavy atom. The van der Waals surface area contributed by atoms with E-state index in [2.05, 4.69) is 4.98 Å². The van der Waals surface area contributed by atoms with Crippen LogP contribution >= 0.6 is 11.6 Å². The monoisotopic (exact) mass is 266 g/mol. The maximum absolute atomic E-state index is 13.0. The number of ether oxygens (including phenoxy) is 1. The highest BCUT2D eigenvalue weighted by Crippen LogP contribution is 2.25. The van der Waals surface area contributed by atoms with Gasteiger partial charge in [0.2, 0.25) is 0 Å². The highest BCUT2D eigenvalue weighted by Gasteiger charge is 2.04. The van der Waals surface area contributed by atoms with Crippen molar-refractivity contribution in [3.8, 4) is 11.5 Å². The number of nitrogens with two attached hydrogens (primary N) is 1. The Balaban J connectivity index is 2.15. The van der Waals surface area contributed by atoms with Gasteiger partial charge in [0.25, 0.3) is 0 Å². The Morgan fingerprint density at radius 3 is 2.56 bits per heavy atom. The standard InChI is InChI=1S/C13H12ClFN2O/c1-8(16)13-5-3-10(7-17-13)18-9-2-4-12(15)11(14)6-9/h2-8H,16H2,1H3. The molecular weight excluding hydrogens is 255 g/mol. The molecule has 18 heavy (non-hydrogen) atoms. The second-order valence-corrected chi connectivity index (χ2v) is 4.29. The molecule has 5 heteroatoms. The predicted molar refractivity (Wildman–Crippen MR) is 68.3 cm³/mol. The second kappa shape index (κ2) is 5.33. The molecule has 2 rings (SSSR count). The van der Waals surface area contributed by atoms with Crippen LogP contribution < -0.4 is 10.5 Å². The minimum absolute atomic E-state index is 0.0210. The number of pyridine rings is 1. The molecule has 2 N–H and O–H groups in total. The van der Waals surface area contributed by atoms with Gasteiger partial charge in [-0.15, -0.1) is 0 Å². The SMILES string of the molecule is CC(N)c1ccc(Oc2ccc(F)c(Cl)c2)cn1. The van der Waals surface area contributed by atoms with E-state index < -0.39 is 5.82 Å². The van der Waals surface area contributed by atoms with Crippen molar-refractivity contribution < 1.29 is 9.13 Å². The summed E-state index contributed by atoms with van der Waals surface area (Å²) in [5.74, 6) is 0.522. The van der Waals surface area contributed by atoms with Crippen LogP contribution in [0, 0.1) is 5.82 Å². The molecule has 0 aliphatic carbocycles. The molecule has 0 saturated heterocycles. The average molecular weight is 267 g/mol. The van der Waals surface area contributed by atoms with Crippen molar-refractivity contribution in [2.75, 3.05) is 0 Å². The number of aromatic nitrogens is 1. The van der Waals surface area contributed by atoms with E-state index in [-0.39, 0.29) is 11.1 Å². The van der Waals surface area contributed by atoms with Gasteiger partial charge in [-0.3, -0.25) is 4.98 Å². The normalized spacial score (nSPS) is 12.2. The number of benzene rings is 1. The summed E-state index contributed by atoms with van der Waals surface area (Å²) in [6.45, 7) is 1.85. The van der Waals surface area contributed by atoms with Gasteiger partial charge in [-0.1, -0.05) is 11.6 Å². The van der Waals surface area contributed by atoms with Crippen LogP contribution in [-0.2, 0) is 0 Å². The quantitative estimate of drug-likeness (QED) is 0.922. The zero-order valence-corrected chi connectivity index (χ0v) is 10.5. The van der Waals surface area contributed by atoms with Crippen molar-refractivity contribution >= 4 is 11.6 Å². The maximum Gasteiger partial charge on any atom is 0.145 e. The zero-order chi connectivity index (χ0) is 13.1. The number of hydrogen-bond donors (Lipinski definition) is 1. The van der Waals surface area contributed by atoms with Gasteiger partial charge in [-0.05, 0) is 31.2 Å². The lowest BCUT2D eigenvalue weighted by Crippen LogP contribution is -2.06. The first-order chi connectivity index (χ1) is 8.56. The first kappa shape index (κ1) is 12.8. The molecule has 1 aromatic carbocycles. The van der Waals surface area contributed by atoms with Gasteiger partial charge in [-0.2, -0.15) is 0 Å². The fraction of sp³-hybridized carbons (Fsp3) is 0.154. The molecule has 1 heterocycles. The average Bonchev–Trinajstić information content (AvgIpc) is 2.34. The summed E-state index contributed by atoms with van der Waals surface area (Å²) >= 11 is 5.66. The van der Waals surface area contributed by atoms with E-state index in [0.717, 1.165) is 5.69 Å². The number of halogens is 2. The topological polar surface area (TPSA) is 48.1 Å². The smallest absolute Gasteiger partial charge is 0.145 e. The lowest BCUT2D eigenvalue weighted by Gasteiger charge is -2.08. The Hall–Kier alpha value is -1.65. The van der Waals surface area contributed by atoms with Crippen LogP contribution in [0.3, 0.4) is 0 Å². The van der Waals surface area contributed by atoms with E-state index in [9.17, 15) is 4.39 Å². The Bertz CT molecular complexity index is 543. The van der Waals surface area contributed by atoms with Crippen LogP contribution in [0.2, 0.25) is 5.02 Å². The molecular formula is C13H12ClFN2O. The molecule has 3 nitrogen and oxygen atoms in total. The van der Waals surface area contributed by atoms with Crippen LogP contribution in [0.1, 0.15) is 18.7 Å². The van der Waals surface area contributed by atoms with Crippen LogP contribution in [0.25, 0.3) is 0 Å². The van der Waals surface area contributed by atoms with Crippen LogP contribution in [0.15, 0.2) is 36.5 Å². The molecule has 0 saturated carbocycles. The third-order valence-electron chi connectivity index (χ3n) is 2.35. The molecule has 0 amide bonds. The highest BCUT2D eigenvalue weighted by molar-refractivity contribution is 6.30. The predicted octanol–water partition coefficient (Wildman–Crippen LogP) is 3.69. The van der Waals surface area contributed by atoms with Crippen molar-refractivity contribution in [3.63, 3.8) is 0 Å². The number of rotatable bonds is 3.